The fraction of sp³-hybridized carbons (Fsp3) is 0.167. The van der Waals surface area contributed by atoms with Gasteiger partial charge in [-0.3, -0.25) is 14.0 Å². The van der Waals surface area contributed by atoms with Crippen LogP contribution in [0.25, 0.3) is 5.65 Å². The summed E-state index contributed by atoms with van der Waals surface area (Å²) in [6.07, 6.45) is 3.01. The topological polar surface area (TPSA) is 63.5 Å². The van der Waals surface area contributed by atoms with Crippen molar-refractivity contribution in [1.82, 2.24) is 14.7 Å². The Labute approximate surface area is 133 Å². The Balaban J connectivity index is 1.86. The summed E-state index contributed by atoms with van der Waals surface area (Å²) in [5.74, 6) is -0.417. The van der Waals surface area contributed by atoms with Crippen molar-refractivity contribution in [1.29, 1.82) is 0 Å². The van der Waals surface area contributed by atoms with E-state index >= 15 is 0 Å². The number of benzene rings is 1. The molecule has 1 amide bonds. The van der Waals surface area contributed by atoms with Gasteiger partial charge in [0, 0.05) is 18.9 Å². The summed E-state index contributed by atoms with van der Waals surface area (Å²) < 4.78 is 1.40. The number of rotatable bonds is 3. The van der Waals surface area contributed by atoms with Crippen molar-refractivity contribution in [2.24, 2.45) is 0 Å². The van der Waals surface area contributed by atoms with Crippen molar-refractivity contribution in [3.05, 3.63) is 81.4 Å². The normalized spacial score (nSPS) is 10.7. The molecule has 5 heteroatoms. The molecule has 1 N–H and O–H groups in total. The van der Waals surface area contributed by atoms with E-state index in [0.29, 0.717) is 12.2 Å². The molecule has 0 saturated heterocycles. The van der Waals surface area contributed by atoms with E-state index in [-0.39, 0.29) is 11.1 Å². The van der Waals surface area contributed by atoms with Gasteiger partial charge in [-0.2, -0.15) is 0 Å². The van der Waals surface area contributed by atoms with Crippen LogP contribution in [0.4, 0.5) is 0 Å². The lowest BCUT2D eigenvalue weighted by Gasteiger charge is -2.07. The molecule has 0 aliphatic rings. The number of nitrogens with zero attached hydrogens (tertiary/aromatic N) is 2. The lowest BCUT2D eigenvalue weighted by Crippen LogP contribution is -2.31. The summed E-state index contributed by atoms with van der Waals surface area (Å²) in [4.78, 5) is 28.9. The molecule has 0 atom stereocenters. The number of amides is 1. The van der Waals surface area contributed by atoms with Crippen LogP contribution in [0.3, 0.4) is 0 Å². The van der Waals surface area contributed by atoms with Crippen molar-refractivity contribution in [2.45, 2.75) is 20.4 Å². The Hall–Kier alpha value is -2.95. The predicted molar refractivity (Wildman–Crippen MR) is 88.5 cm³/mol. The zero-order valence-corrected chi connectivity index (χ0v) is 13.0. The molecule has 2 aromatic heterocycles. The molecule has 3 rings (SSSR count). The first-order chi connectivity index (χ1) is 11.0. The molecule has 1 aromatic carbocycles. The molecule has 0 radical (unpaired) electrons. The van der Waals surface area contributed by atoms with Gasteiger partial charge >= 0.3 is 0 Å². The molecular formula is C18H17N3O2. The Bertz CT molecular complexity index is 944. The molecular weight excluding hydrogens is 290 g/mol. The summed E-state index contributed by atoms with van der Waals surface area (Å²) in [7, 11) is 0. The number of carbonyl (C=O) groups excluding carboxylic acids is 1. The standard InChI is InChI=1S/C18H17N3O2/c1-12-4-3-5-14(8-12)9-20-17(22)15-10-19-16-7-6-13(2)11-21(16)18(15)23/h3-8,10-11H,9H2,1-2H3,(H,20,22). The van der Waals surface area contributed by atoms with E-state index in [1.807, 2.05) is 44.2 Å². The molecule has 5 nitrogen and oxygen atoms in total. The molecule has 0 spiro atoms. The largest absolute Gasteiger partial charge is 0.348 e. The van der Waals surface area contributed by atoms with Crippen LogP contribution in [0, 0.1) is 13.8 Å². The van der Waals surface area contributed by atoms with E-state index < -0.39 is 5.91 Å². The van der Waals surface area contributed by atoms with Crippen molar-refractivity contribution in [2.75, 3.05) is 0 Å². The molecule has 0 aliphatic carbocycles. The van der Waals surface area contributed by atoms with Crippen LogP contribution in [-0.4, -0.2) is 15.3 Å². The molecule has 0 saturated carbocycles. The Morgan fingerprint density at radius 3 is 2.78 bits per heavy atom. The lowest BCUT2D eigenvalue weighted by molar-refractivity contribution is 0.0949. The number of fused-ring (bicyclic) bond motifs is 1. The minimum Gasteiger partial charge on any atom is -0.348 e. The second kappa shape index (κ2) is 6.04. The highest BCUT2D eigenvalue weighted by Crippen LogP contribution is 2.05. The SMILES string of the molecule is Cc1cccc(CNC(=O)c2cnc3ccc(C)cn3c2=O)c1. The molecule has 3 aromatic rings. The van der Waals surface area contributed by atoms with E-state index in [2.05, 4.69) is 10.3 Å². The summed E-state index contributed by atoms with van der Waals surface area (Å²) in [5, 5.41) is 2.77. The third-order valence-electron chi connectivity index (χ3n) is 3.63. The first kappa shape index (κ1) is 15.0. The van der Waals surface area contributed by atoms with Gasteiger partial charge in [-0.15, -0.1) is 0 Å². The zero-order valence-electron chi connectivity index (χ0n) is 13.0. The molecule has 116 valence electrons. The number of carbonyl (C=O) groups is 1. The lowest BCUT2D eigenvalue weighted by atomic mass is 10.1. The van der Waals surface area contributed by atoms with Gasteiger partial charge < -0.3 is 5.32 Å². The molecule has 0 bridgehead atoms. The van der Waals surface area contributed by atoms with Crippen molar-refractivity contribution >= 4 is 11.6 Å². The van der Waals surface area contributed by atoms with Crippen LogP contribution < -0.4 is 10.9 Å². The number of pyridine rings is 1. The molecule has 0 fully saturated rings. The van der Waals surface area contributed by atoms with Crippen LogP contribution in [-0.2, 0) is 6.54 Å². The van der Waals surface area contributed by atoms with Crippen LogP contribution in [0.15, 0.2) is 53.6 Å². The fourth-order valence-electron chi connectivity index (χ4n) is 2.44. The minimum atomic E-state index is -0.417. The van der Waals surface area contributed by atoms with E-state index in [1.54, 1.807) is 12.3 Å². The van der Waals surface area contributed by atoms with Gasteiger partial charge in [-0.05, 0) is 31.0 Å². The van der Waals surface area contributed by atoms with Crippen LogP contribution >= 0.6 is 0 Å². The van der Waals surface area contributed by atoms with Gasteiger partial charge in [0.1, 0.15) is 11.2 Å². The van der Waals surface area contributed by atoms with E-state index in [4.69, 9.17) is 0 Å². The Kier molecular flexibility index (Phi) is 3.93. The molecule has 0 aliphatic heterocycles. The fourth-order valence-corrected chi connectivity index (χ4v) is 2.44. The average molecular weight is 307 g/mol. The predicted octanol–water partition coefficient (Wildman–Crippen LogP) is 2.24. The highest BCUT2D eigenvalue weighted by atomic mass is 16.2. The maximum absolute atomic E-state index is 12.4. The molecule has 2 heterocycles. The summed E-state index contributed by atoms with van der Waals surface area (Å²) in [5.41, 5.74) is 3.25. The van der Waals surface area contributed by atoms with E-state index in [1.165, 1.54) is 10.6 Å². The van der Waals surface area contributed by atoms with Crippen molar-refractivity contribution in [3.63, 3.8) is 0 Å². The quantitative estimate of drug-likeness (QED) is 0.807. The third kappa shape index (κ3) is 3.13. The first-order valence-electron chi connectivity index (χ1n) is 7.36. The van der Waals surface area contributed by atoms with Gasteiger partial charge in [0.05, 0.1) is 0 Å². The number of nitrogens with one attached hydrogen (secondary N) is 1. The first-order valence-corrected chi connectivity index (χ1v) is 7.36. The summed E-state index contributed by atoms with van der Waals surface area (Å²) >= 11 is 0. The molecule has 0 unspecified atom stereocenters. The van der Waals surface area contributed by atoms with Crippen LogP contribution in [0.5, 0.6) is 0 Å². The second-order valence-corrected chi connectivity index (χ2v) is 5.58. The number of hydrogen-bond acceptors (Lipinski definition) is 3. The van der Waals surface area contributed by atoms with Crippen LogP contribution in [0.2, 0.25) is 0 Å². The van der Waals surface area contributed by atoms with Gasteiger partial charge in [0.2, 0.25) is 0 Å². The Morgan fingerprint density at radius 1 is 1.17 bits per heavy atom. The summed E-state index contributed by atoms with van der Waals surface area (Å²) in [6.45, 7) is 4.25. The van der Waals surface area contributed by atoms with Gasteiger partial charge in [-0.25, -0.2) is 4.98 Å². The van der Waals surface area contributed by atoms with E-state index in [9.17, 15) is 9.59 Å². The smallest absolute Gasteiger partial charge is 0.270 e. The highest BCUT2D eigenvalue weighted by molar-refractivity contribution is 5.93. The molecule has 23 heavy (non-hydrogen) atoms. The maximum Gasteiger partial charge on any atom is 0.270 e. The number of hydrogen-bond donors (Lipinski definition) is 1. The van der Waals surface area contributed by atoms with Gasteiger partial charge in [-0.1, -0.05) is 35.9 Å². The maximum atomic E-state index is 12.4. The van der Waals surface area contributed by atoms with Gasteiger partial charge in [0.25, 0.3) is 11.5 Å². The highest BCUT2D eigenvalue weighted by Gasteiger charge is 2.13. The Morgan fingerprint density at radius 2 is 2.00 bits per heavy atom. The van der Waals surface area contributed by atoms with E-state index in [0.717, 1.165) is 16.7 Å². The monoisotopic (exact) mass is 307 g/mol. The number of aryl methyl sites for hydroxylation is 2. The second-order valence-electron chi connectivity index (χ2n) is 5.58. The number of aromatic nitrogens is 2. The zero-order chi connectivity index (χ0) is 16.4. The summed E-state index contributed by atoms with van der Waals surface area (Å²) in [6, 6.07) is 11.5. The van der Waals surface area contributed by atoms with Gasteiger partial charge in [0.15, 0.2) is 0 Å². The van der Waals surface area contributed by atoms with Crippen molar-refractivity contribution < 1.29 is 4.79 Å². The third-order valence-corrected chi connectivity index (χ3v) is 3.63. The van der Waals surface area contributed by atoms with Crippen LogP contribution in [0.1, 0.15) is 27.0 Å². The minimum absolute atomic E-state index is 0.0424. The van der Waals surface area contributed by atoms with Crippen molar-refractivity contribution in [3.8, 4) is 0 Å². The average Bonchev–Trinajstić information content (AvgIpc) is 2.53.